The van der Waals surface area contributed by atoms with E-state index in [-0.39, 0.29) is 18.4 Å². The summed E-state index contributed by atoms with van der Waals surface area (Å²) in [6, 6.07) is 15.0. The standard InChI is InChI=1S/C23H24ClN5O2S/c1-16-4-2-6-18(12-16)25-22(31)27-23-26-19(15-32-23)14-21(30)29-10-8-28(9-11-29)20-7-3-5-17(24)13-20/h2-7,12-13,15H,8-11,14H2,1H3,(H2,25,26,27,31). The molecule has 1 saturated heterocycles. The number of urea groups is 1. The van der Waals surface area contributed by atoms with Gasteiger partial charge in [0, 0.05) is 48.0 Å². The molecule has 3 aromatic rings. The van der Waals surface area contributed by atoms with Crippen molar-refractivity contribution in [3.05, 3.63) is 70.2 Å². The van der Waals surface area contributed by atoms with Crippen LogP contribution in [0.5, 0.6) is 0 Å². The normalized spacial score (nSPS) is 13.7. The second-order valence-corrected chi connectivity index (χ2v) is 8.91. The molecule has 0 aliphatic carbocycles. The van der Waals surface area contributed by atoms with Crippen molar-refractivity contribution in [3.8, 4) is 0 Å². The van der Waals surface area contributed by atoms with Gasteiger partial charge in [0.25, 0.3) is 0 Å². The van der Waals surface area contributed by atoms with Crippen molar-refractivity contribution in [2.45, 2.75) is 13.3 Å². The molecule has 1 aliphatic rings. The number of carbonyl (C=O) groups excluding carboxylic acids is 2. The summed E-state index contributed by atoms with van der Waals surface area (Å²) < 4.78 is 0. The van der Waals surface area contributed by atoms with E-state index in [4.69, 9.17) is 11.6 Å². The summed E-state index contributed by atoms with van der Waals surface area (Å²) in [5.74, 6) is 0.0387. The zero-order valence-electron chi connectivity index (χ0n) is 17.7. The third kappa shape index (κ3) is 5.77. The van der Waals surface area contributed by atoms with Crippen LogP contribution in [0.2, 0.25) is 5.02 Å². The van der Waals surface area contributed by atoms with Gasteiger partial charge >= 0.3 is 6.03 Å². The number of anilines is 3. The Morgan fingerprint density at radius 3 is 2.59 bits per heavy atom. The Morgan fingerprint density at radius 1 is 1.06 bits per heavy atom. The first-order chi connectivity index (χ1) is 15.5. The van der Waals surface area contributed by atoms with Gasteiger partial charge in [0.2, 0.25) is 5.91 Å². The first-order valence-electron chi connectivity index (χ1n) is 10.3. The molecule has 0 saturated carbocycles. The molecule has 0 radical (unpaired) electrons. The number of amides is 3. The van der Waals surface area contributed by atoms with Crippen molar-refractivity contribution in [3.63, 3.8) is 0 Å². The molecular weight excluding hydrogens is 446 g/mol. The van der Waals surface area contributed by atoms with E-state index in [0.717, 1.165) is 24.3 Å². The van der Waals surface area contributed by atoms with Crippen molar-refractivity contribution in [2.24, 2.45) is 0 Å². The fourth-order valence-electron chi connectivity index (χ4n) is 3.58. The molecule has 1 fully saturated rings. The number of thiazole rings is 1. The largest absolute Gasteiger partial charge is 0.368 e. The van der Waals surface area contributed by atoms with Crippen LogP contribution >= 0.6 is 22.9 Å². The molecule has 0 spiro atoms. The van der Waals surface area contributed by atoms with Crippen LogP contribution < -0.4 is 15.5 Å². The van der Waals surface area contributed by atoms with Gasteiger partial charge in [-0.15, -0.1) is 11.3 Å². The fraction of sp³-hybridized carbons (Fsp3) is 0.261. The number of hydrogen-bond donors (Lipinski definition) is 2. The number of benzene rings is 2. The molecule has 4 rings (SSSR count). The van der Waals surface area contributed by atoms with Crippen molar-refractivity contribution < 1.29 is 9.59 Å². The van der Waals surface area contributed by atoms with Gasteiger partial charge in [-0.1, -0.05) is 29.8 Å². The SMILES string of the molecule is Cc1cccc(NC(=O)Nc2nc(CC(=O)N3CCN(c4cccc(Cl)c4)CC3)cs2)c1. The summed E-state index contributed by atoms with van der Waals surface area (Å²) >= 11 is 7.39. The van der Waals surface area contributed by atoms with Gasteiger partial charge in [-0.3, -0.25) is 10.1 Å². The van der Waals surface area contributed by atoms with Crippen LogP contribution in [0.25, 0.3) is 0 Å². The Kier molecular flexibility index (Phi) is 6.92. The van der Waals surface area contributed by atoms with Gasteiger partial charge in [0.05, 0.1) is 12.1 Å². The molecule has 166 valence electrons. The van der Waals surface area contributed by atoms with Gasteiger partial charge in [0.1, 0.15) is 0 Å². The highest BCUT2D eigenvalue weighted by Gasteiger charge is 2.22. The van der Waals surface area contributed by atoms with Gasteiger partial charge < -0.3 is 15.1 Å². The Bertz CT molecular complexity index is 1110. The predicted octanol–water partition coefficient (Wildman–Crippen LogP) is 4.64. The second kappa shape index (κ2) is 10.0. The molecule has 9 heteroatoms. The van der Waals surface area contributed by atoms with E-state index in [2.05, 4.69) is 20.5 Å². The second-order valence-electron chi connectivity index (χ2n) is 7.62. The maximum Gasteiger partial charge on any atom is 0.325 e. The average molecular weight is 470 g/mol. The lowest BCUT2D eigenvalue weighted by Crippen LogP contribution is -2.49. The minimum Gasteiger partial charge on any atom is -0.368 e. The maximum absolute atomic E-state index is 12.7. The van der Waals surface area contributed by atoms with E-state index in [1.807, 2.05) is 65.7 Å². The van der Waals surface area contributed by atoms with Gasteiger partial charge in [0.15, 0.2) is 5.13 Å². The number of rotatable bonds is 5. The average Bonchev–Trinajstić information content (AvgIpc) is 3.20. The number of halogens is 1. The van der Waals surface area contributed by atoms with Crippen LogP contribution in [0.15, 0.2) is 53.9 Å². The van der Waals surface area contributed by atoms with Crippen molar-refractivity contribution >= 4 is 51.4 Å². The number of aryl methyl sites for hydroxylation is 1. The molecule has 2 aromatic carbocycles. The lowest BCUT2D eigenvalue weighted by atomic mass is 10.2. The van der Waals surface area contributed by atoms with Crippen LogP contribution in [0.4, 0.5) is 21.3 Å². The molecule has 0 unspecified atom stereocenters. The van der Waals surface area contributed by atoms with Crippen molar-refractivity contribution in [1.29, 1.82) is 0 Å². The molecule has 2 heterocycles. The lowest BCUT2D eigenvalue weighted by Gasteiger charge is -2.36. The van der Waals surface area contributed by atoms with Gasteiger partial charge in [-0.25, -0.2) is 9.78 Å². The highest BCUT2D eigenvalue weighted by Crippen LogP contribution is 2.22. The first-order valence-corrected chi connectivity index (χ1v) is 11.6. The molecule has 2 N–H and O–H groups in total. The highest BCUT2D eigenvalue weighted by atomic mass is 35.5. The Morgan fingerprint density at radius 2 is 1.84 bits per heavy atom. The molecule has 0 bridgehead atoms. The summed E-state index contributed by atoms with van der Waals surface area (Å²) in [6.07, 6.45) is 0.217. The van der Waals surface area contributed by atoms with Crippen LogP contribution in [0.3, 0.4) is 0 Å². The Labute approximate surface area is 196 Å². The zero-order chi connectivity index (χ0) is 22.5. The monoisotopic (exact) mass is 469 g/mol. The van der Waals surface area contributed by atoms with E-state index in [1.54, 1.807) is 0 Å². The number of aromatic nitrogens is 1. The highest BCUT2D eigenvalue weighted by molar-refractivity contribution is 7.14. The quantitative estimate of drug-likeness (QED) is 0.570. The predicted molar refractivity (Wildman–Crippen MR) is 130 cm³/mol. The summed E-state index contributed by atoms with van der Waals surface area (Å²) in [4.78, 5) is 33.4. The molecule has 32 heavy (non-hydrogen) atoms. The Hall–Kier alpha value is -3.10. The van der Waals surface area contributed by atoms with Crippen molar-refractivity contribution in [1.82, 2.24) is 9.88 Å². The van der Waals surface area contributed by atoms with Crippen molar-refractivity contribution in [2.75, 3.05) is 41.7 Å². The minimum absolute atomic E-state index is 0.0387. The molecule has 3 amide bonds. The number of piperazine rings is 1. The van der Waals surface area contributed by atoms with Crippen LogP contribution in [-0.2, 0) is 11.2 Å². The van der Waals surface area contributed by atoms with Gasteiger partial charge in [-0.2, -0.15) is 0 Å². The third-order valence-corrected chi connectivity index (χ3v) is 6.23. The topological polar surface area (TPSA) is 77.6 Å². The molecule has 1 aromatic heterocycles. The van der Waals surface area contributed by atoms with E-state index in [9.17, 15) is 9.59 Å². The van der Waals surface area contributed by atoms with E-state index in [0.29, 0.717) is 34.6 Å². The van der Waals surface area contributed by atoms with Crippen LogP contribution in [-0.4, -0.2) is 48.0 Å². The fourth-order valence-corrected chi connectivity index (χ4v) is 4.47. The lowest BCUT2D eigenvalue weighted by molar-refractivity contribution is -0.130. The molecule has 0 atom stereocenters. The van der Waals surface area contributed by atoms with E-state index < -0.39 is 0 Å². The Balaban J connectivity index is 1.26. The number of nitrogens with one attached hydrogen (secondary N) is 2. The molecular formula is C23H24ClN5O2S. The molecule has 7 nitrogen and oxygen atoms in total. The smallest absolute Gasteiger partial charge is 0.325 e. The number of nitrogens with zero attached hydrogens (tertiary/aromatic N) is 3. The molecule has 1 aliphatic heterocycles. The van der Waals surface area contributed by atoms with Gasteiger partial charge in [-0.05, 0) is 42.8 Å². The summed E-state index contributed by atoms with van der Waals surface area (Å²) in [6.45, 7) is 4.79. The van der Waals surface area contributed by atoms with Crippen LogP contribution in [0, 0.1) is 6.92 Å². The third-order valence-electron chi connectivity index (χ3n) is 5.19. The van der Waals surface area contributed by atoms with E-state index >= 15 is 0 Å². The first kappa shape index (κ1) is 22.1. The minimum atomic E-state index is -0.361. The zero-order valence-corrected chi connectivity index (χ0v) is 19.2. The summed E-state index contributed by atoms with van der Waals surface area (Å²) in [7, 11) is 0. The van der Waals surface area contributed by atoms with Crippen LogP contribution in [0.1, 0.15) is 11.3 Å². The van der Waals surface area contributed by atoms with E-state index in [1.165, 1.54) is 11.3 Å². The number of carbonyl (C=O) groups is 2. The number of hydrogen-bond acceptors (Lipinski definition) is 5. The summed E-state index contributed by atoms with van der Waals surface area (Å²) in [5, 5.41) is 8.49. The maximum atomic E-state index is 12.7. The summed E-state index contributed by atoms with van der Waals surface area (Å²) in [5.41, 5.74) is 3.50.